The number of aryl methyl sites for hydroxylation is 1. The van der Waals surface area contributed by atoms with E-state index in [9.17, 15) is 23.6 Å². The normalized spacial score (nSPS) is 22.0. The van der Waals surface area contributed by atoms with Crippen LogP contribution in [-0.2, 0) is 33.8 Å². The Bertz CT molecular complexity index is 1670. The number of fused-ring (bicyclic) bond motifs is 4. The number of nitrogens with zero attached hydrogens (tertiary/aromatic N) is 5. The third-order valence-electron chi connectivity index (χ3n) is 9.57. The molecule has 52 heavy (non-hydrogen) atoms. The highest BCUT2D eigenvalue weighted by Crippen LogP contribution is 2.25. The second-order valence-electron chi connectivity index (χ2n) is 14.1. The molecule has 0 aliphatic carbocycles. The minimum atomic E-state index is -1.00. The van der Waals surface area contributed by atoms with E-state index in [4.69, 9.17) is 9.26 Å². The van der Waals surface area contributed by atoms with E-state index in [1.807, 2.05) is 19.9 Å². The predicted molar refractivity (Wildman–Crippen MR) is 189 cm³/mol. The Hall–Kier alpha value is -4.88. The van der Waals surface area contributed by atoms with E-state index in [0.717, 1.165) is 50.2 Å². The number of hydrogen-bond donors (Lipinski definition) is 2. The first-order valence-electron chi connectivity index (χ1n) is 18.4. The van der Waals surface area contributed by atoms with Gasteiger partial charge in [-0.2, -0.15) is 4.98 Å². The van der Waals surface area contributed by atoms with Crippen LogP contribution >= 0.6 is 0 Å². The lowest BCUT2D eigenvalue weighted by atomic mass is 10.0. The molecule has 2 N–H and O–H groups in total. The minimum Gasteiger partial charge on any atom is -0.485 e. The monoisotopic (exact) mass is 719 g/mol. The summed E-state index contributed by atoms with van der Waals surface area (Å²) in [7, 11) is 1.60. The largest absolute Gasteiger partial charge is 0.485 e. The first-order chi connectivity index (χ1) is 25.1. The molecule has 13 nitrogen and oxygen atoms in total. The Morgan fingerprint density at radius 2 is 1.79 bits per heavy atom. The molecule has 3 atom stereocenters. The number of pyridine rings is 1. The average molecular weight is 720 g/mol. The maximum atomic E-state index is 14.5. The molecule has 2 aromatic heterocycles. The summed E-state index contributed by atoms with van der Waals surface area (Å²) in [5.74, 6) is -1.52. The van der Waals surface area contributed by atoms with E-state index in [1.54, 1.807) is 25.5 Å². The van der Waals surface area contributed by atoms with Gasteiger partial charge in [0.2, 0.25) is 29.4 Å². The number of likely N-dealkylation sites (N-methyl/N-ethyl adjacent to an activating group) is 1. The third-order valence-corrected chi connectivity index (χ3v) is 9.57. The zero-order valence-corrected chi connectivity index (χ0v) is 30.3. The Balaban J connectivity index is 1.41. The summed E-state index contributed by atoms with van der Waals surface area (Å²) in [6, 6.07) is 4.60. The van der Waals surface area contributed by atoms with Crippen molar-refractivity contribution >= 4 is 23.6 Å². The lowest BCUT2D eigenvalue weighted by Gasteiger charge is -2.34. The van der Waals surface area contributed by atoms with Crippen molar-refractivity contribution in [3.63, 3.8) is 0 Å². The van der Waals surface area contributed by atoms with Crippen LogP contribution in [0.25, 0.3) is 0 Å². The van der Waals surface area contributed by atoms with Crippen LogP contribution < -0.4 is 15.4 Å². The van der Waals surface area contributed by atoms with E-state index in [-0.39, 0.29) is 48.5 Å². The quantitative estimate of drug-likeness (QED) is 0.399. The van der Waals surface area contributed by atoms with Gasteiger partial charge in [-0.1, -0.05) is 50.8 Å². The van der Waals surface area contributed by atoms with E-state index in [0.29, 0.717) is 44.1 Å². The van der Waals surface area contributed by atoms with Gasteiger partial charge in [0.1, 0.15) is 29.7 Å². The van der Waals surface area contributed by atoms with Gasteiger partial charge in [-0.25, -0.2) is 4.39 Å². The Labute approximate surface area is 304 Å². The molecular formula is C38H50FN7O6. The highest BCUT2D eigenvalue weighted by molar-refractivity contribution is 6.00. The molecule has 280 valence electrons. The number of aromatic nitrogens is 3. The molecule has 4 amide bonds. The Morgan fingerprint density at radius 1 is 1.00 bits per heavy atom. The molecule has 4 heterocycles. The molecular weight excluding hydrogens is 669 g/mol. The molecule has 0 saturated carbocycles. The summed E-state index contributed by atoms with van der Waals surface area (Å²) in [6.07, 6.45) is 11.1. The van der Waals surface area contributed by atoms with Crippen LogP contribution in [0.2, 0.25) is 0 Å². The smallest absolute Gasteiger partial charge is 0.255 e. The van der Waals surface area contributed by atoms with E-state index >= 15 is 0 Å². The second kappa shape index (κ2) is 18.6. The van der Waals surface area contributed by atoms with Gasteiger partial charge < -0.3 is 29.7 Å². The molecule has 5 rings (SSSR count). The van der Waals surface area contributed by atoms with Gasteiger partial charge in [-0.05, 0) is 67.9 Å². The van der Waals surface area contributed by atoms with E-state index in [1.165, 1.54) is 21.9 Å². The minimum absolute atomic E-state index is 0.00256. The standard InChI is InChI=1S/C38H50FN7O6/c1-25(2)20-29-37(49)46-19-11-13-30(46)38(50)45(3)31(21-26-12-10-17-40-23-26)36(48)41-18-9-7-5-4-6-8-14-34-43-33(44-52-34)24-51-32-16-15-27(39)22-28(32)35(47)42-29/h10,12,15-17,22-23,25,29-31H,4-9,11,13-14,18-21,24H2,1-3H3,(H,41,48)(H,42,47)/t29-,30-,31+/m1/s1. The van der Waals surface area contributed by atoms with Crippen LogP contribution in [0.15, 0.2) is 47.2 Å². The van der Waals surface area contributed by atoms with Crippen LogP contribution in [0.5, 0.6) is 5.75 Å². The summed E-state index contributed by atoms with van der Waals surface area (Å²) in [4.78, 5) is 67.4. The number of amides is 4. The van der Waals surface area contributed by atoms with Crippen LogP contribution in [0.1, 0.15) is 99.3 Å². The molecule has 1 aromatic carbocycles. The lowest BCUT2D eigenvalue weighted by Crippen LogP contribution is -2.57. The lowest BCUT2D eigenvalue weighted by molar-refractivity contribution is -0.147. The number of carbonyl (C=O) groups is 4. The zero-order valence-electron chi connectivity index (χ0n) is 30.3. The molecule has 0 unspecified atom stereocenters. The van der Waals surface area contributed by atoms with Crippen LogP contribution in [-0.4, -0.2) is 86.8 Å². The van der Waals surface area contributed by atoms with Crippen LogP contribution in [0.3, 0.4) is 0 Å². The molecule has 2 bridgehead atoms. The molecule has 3 aromatic rings. The molecule has 0 radical (unpaired) electrons. The van der Waals surface area contributed by atoms with Gasteiger partial charge in [0.15, 0.2) is 6.61 Å². The highest BCUT2D eigenvalue weighted by Gasteiger charge is 2.41. The molecule has 1 saturated heterocycles. The number of hydrogen-bond acceptors (Lipinski definition) is 9. The molecule has 0 spiro atoms. The number of rotatable bonds is 4. The van der Waals surface area contributed by atoms with Crippen molar-refractivity contribution in [3.8, 4) is 5.75 Å². The summed E-state index contributed by atoms with van der Waals surface area (Å²) in [5.41, 5.74) is 0.711. The summed E-state index contributed by atoms with van der Waals surface area (Å²) in [5, 5.41) is 9.83. The first kappa shape index (κ1) is 38.4. The van der Waals surface area contributed by atoms with Gasteiger partial charge in [-0.3, -0.25) is 24.2 Å². The van der Waals surface area contributed by atoms with Crippen molar-refractivity contribution in [2.24, 2.45) is 5.92 Å². The van der Waals surface area contributed by atoms with Crippen LogP contribution in [0.4, 0.5) is 4.39 Å². The fourth-order valence-electron chi connectivity index (χ4n) is 6.79. The van der Waals surface area contributed by atoms with Crippen molar-refractivity contribution in [1.29, 1.82) is 0 Å². The summed E-state index contributed by atoms with van der Waals surface area (Å²) >= 11 is 0. The number of nitrogens with one attached hydrogen (secondary N) is 2. The molecule has 2 aliphatic heterocycles. The van der Waals surface area contributed by atoms with Crippen molar-refractivity contribution in [2.45, 2.75) is 109 Å². The summed E-state index contributed by atoms with van der Waals surface area (Å²) in [6.45, 7) is 4.54. The fraction of sp³-hybridized carbons (Fsp3) is 0.553. The van der Waals surface area contributed by atoms with E-state index < -0.39 is 35.8 Å². The number of halogens is 1. The third kappa shape index (κ3) is 10.3. The van der Waals surface area contributed by atoms with Gasteiger partial charge in [-0.15, -0.1) is 0 Å². The second-order valence-corrected chi connectivity index (χ2v) is 14.1. The number of ether oxygens (including phenoxy) is 1. The van der Waals surface area contributed by atoms with Crippen molar-refractivity contribution < 1.29 is 32.8 Å². The predicted octanol–water partition coefficient (Wildman–Crippen LogP) is 4.40. The van der Waals surface area contributed by atoms with Crippen LogP contribution in [0, 0.1) is 11.7 Å². The van der Waals surface area contributed by atoms with Gasteiger partial charge >= 0.3 is 0 Å². The van der Waals surface area contributed by atoms with E-state index in [2.05, 4.69) is 25.8 Å². The maximum absolute atomic E-state index is 14.5. The topological polar surface area (TPSA) is 160 Å². The van der Waals surface area contributed by atoms with Gasteiger partial charge in [0, 0.05) is 45.4 Å². The molecule has 1 fully saturated rings. The number of carbonyl (C=O) groups excluding carboxylic acids is 4. The average Bonchev–Trinajstić information content (AvgIpc) is 3.81. The first-order valence-corrected chi connectivity index (χ1v) is 18.4. The Kier molecular flexibility index (Phi) is 13.7. The molecule has 2 aliphatic rings. The van der Waals surface area contributed by atoms with Gasteiger partial charge in [0.05, 0.1) is 5.56 Å². The fourth-order valence-corrected chi connectivity index (χ4v) is 6.79. The highest BCUT2D eigenvalue weighted by atomic mass is 19.1. The van der Waals surface area contributed by atoms with Crippen molar-refractivity contribution in [1.82, 2.24) is 35.6 Å². The summed E-state index contributed by atoms with van der Waals surface area (Å²) < 4.78 is 25.8. The molecule has 14 heteroatoms. The Morgan fingerprint density at radius 3 is 2.56 bits per heavy atom. The van der Waals surface area contributed by atoms with Gasteiger partial charge in [0.25, 0.3) is 5.91 Å². The zero-order chi connectivity index (χ0) is 37.0. The SMILES string of the molecule is CC(C)C[C@H]1NC(=O)c2cc(F)ccc2OCc2noc(n2)CCCCCCCCNC(=O)[C@H](Cc2cccnc2)N(C)C(=O)[C@H]2CCCN2C1=O. The maximum Gasteiger partial charge on any atom is 0.255 e. The van der Waals surface area contributed by atoms with Crippen molar-refractivity contribution in [2.75, 3.05) is 20.1 Å². The van der Waals surface area contributed by atoms with Crippen molar-refractivity contribution in [3.05, 3.63) is 71.4 Å². The number of benzene rings is 1.